The van der Waals surface area contributed by atoms with Gasteiger partial charge in [0.15, 0.2) is 0 Å². The number of halogens is 1. The summed E-state index contributed by atoms with van der Waals surface area (Å²) in [6, 6.07) is 16.8. The third-order valence-electron chi connectivity index (χ3n) is 5.63. The minimum Gasteiger partial charge on any atom is -0.353 e. The molecule has 1 saturated heterocycles. The number of carbonyl (C=O) groups is 2. The average Bonchev–Trinajstić information content (AvgIpc) is 2.82. The maximum Gasteiger partial charge on any atom is 0.323 e. The van der Waals surface area contributed by atoms with Gasteiger partial charge in [-0.15, -0.1) is 0 Å². The van der Waals surface area contributed by atoms with Crippen molar-refractivity contribution in [3.8, 4) is 0 Å². The number of pyridine rings is 1. The monoisotopic (exact) mass is 507 g/mol. The molecule has 33 heavy (non-hydrogen) atoms. The number of anilines is 3. The van der Waals surface area contributed by atoms with Crippen molar-refractivity contribution < 1.29 is 9.59 Å². The minimum atomic E-state index is -0.307. The van der Waals surface area contributed by atoms with E-state index in [4.69, 9.17) is 0 Å². The topological polar surface area (TPSA) is 77.6 Å². The first-order valence-corrected chi connectivity index (χ1v) is 11.6. The molecule has 2 aromatic carbocycles. The van der Waals surface area contributed by atoms with Crippen molar-refractivity contribution in [2.24, 2.45) is 0 Å². The number of aryl methyl sites for hydroxylation is 2. The number of amides is 3. The lowest BCUT2D eigenvalue weighted by molar-refractivity contribution is 0.0746. The molecule has 7 nitrogen and oxygen atoms in total. The van der Waals surface area contributed by atoms with Crippen LogP contribution in [0.3, 0.4) is 0 Å². The van der Waals surface area contributed by atoms with Crippen LogP contribution in [0.1, 0.15) is 21.5 Å². The van der Waals surface area contributed by atoms with E-state index < -0.39 is 0 Å². The number of hydrogen-bond donors (Lipinski definition) is 2. The largest absolute Gasteiger partial charge is 0.353 e. The van der Waals surface area contributed by atoms with Gasteiger partial charge in [0.2, 0.25) is 0 Å². The predicted octanol–water partition coefficient (Wildman–Crippen LogP) is 5.07. The summed E-state index contributed by atoms with van der Waals surface area (Å²) in [6.45, 7) is 6.62. The van der Waals surface area contributed by atoms with E-state index in [1.807, 2.05) is 73.3 Å². The second-order valence-corrected chi connectivity index (χ2v) is 9.00. The zero-order valence-corrected chi connectivity index (χ0v) is 20.2. The Morgan fingerprint density at radius 1 is 0.909 bits per heavy atom. The summed E-state index contributed by atoms with van der Waals surface area (Å²) in [4.78, 5) is 33.6. The van der Waals surface area contributed by atoms with Crippen LogP contribution >= 0.6 is 15.9 Å². The van der Waals surface area contributed by atoms with Crippen LogP contribution in [-0.2, 0) is 0 Å². The Balaban J connectivity index is 1.30. The van der Waals surface area contributed by atoms with Gasteiger partial charge in [0, 0.05) is 41.9 Å². The SMILES string of the molecule is Cc1ccc(C)c(NC(=O)Nc2ccc(N3CCN(C(=O)c4ccc(Br)cc4)CC3)nc2)c1. The number of piperazine rings is 1. The van der Waals surface area contributed by atoms with Gasteiger partial charge in [-0.2, -0.15) is 0 Å². The molecular weight excluding hydrogens is 482 g/mol. The van der Waals surface area contributed by atoms with E-state index in [0.29, 0.717) is 37.4 Å². The smallest absolute Gasteiger partial charge is 0.323 e. The van der Waals surface area contributed by atoms with E-state index in [-0.39, 0.29) is 11.9 Å². The van der Waals surface area contributed by atoms with Gasteiger partial charge in [0.05, 0.1) is 11.9 Å². The zero-order chi connectivity index (χ0) is 23.4. The molecule has 8 heteroatoms. The lowest BCUT2D eigenvalue weighted by Gasteiger charge is -2.35. The second-order valence-electron chi connectivity index (χ2n) is 8.09. The van der Waals surface area contributed by atoms with Crippen LogP contribution in [-0.4, -0.2) is 48.0 Å². The van der Waals surface area contributed by atoms with Gasteiger partial charge in [0.25, 0.3) is 5.91 Å². The molecule has 0 bridgehead atoms. The Hall–Kier alpha value is -3.39. The summed E-state index contributed by atoms with van der Waals surface area (Å²) in [7, 11) is 0. The van der Waals surface area contributed by atoms with E-state index in [9.17, 15) is 9.59 Å². The molecule has 3 amide bonds. The van der Waals surface area contributed by atoms with E-state index in [0.717, 1.165) is 27.1 Å². The van der Waals surface area contributed by atoms with Gasteiger partial charge < -0.3 is 20.4 Å². The average molecular weight is 508 g/mol. The highest BCUT2D eigenvalue weighted by Crippen LogP contribution is 2.20. The van der Waals surface area contributed by atoms with Gasteiger partial charge in [-0.3, -0.25) is 4.79 Å². The van der Waals surface area contributed by atoms with Crippen molar-refractivity contribution in [2.45, 2.75) is 13.8 Å². The molecule has 0 unspecified atom stereocenters. The zero-order valence-electron chi connectivity index (χ0n) is 18.6. The first-order chi connectivity index (χ1) is 15.9. The van der Waals surface area contributed by atoms with Crippen LogP contribution < -0.4 is 15.5 Å². The van der Waals surface area contributed by atoms with Crippen molar-refractivity contribution in [2.75, 3.05) is 41.7 Å². The number of carbonyl (C=O) groups excluding carboxylic acids is 2. The fourth-order valence-electron chi connectivity index (χ4n) is 3.72. The highest BCUT2D eigenvalue weighted by molar-refractivity contribution is 9.10. The van der Waals surface area contributed by atoms with Crippen LogP contribution in [0.2, 0.25) is 0 Å². The molecule has 1 fully saturated rings. The molecule has 0 aliphatic carbocycles. The summed E-state index contributed by atoms with van der Waals surface area (Å²) < 4.78 is 0.954. The van der Waals surface area contributed by atoms with Crippen molar-refractivity contribution in [3.63, 3.8) is 0 Å². The highest BCUT2D eigenvalue weighted by atomic mass is 79.9. The number of aromatic nitrogens is 1. The summed E-state index contributed by atoms with van der Waals surface area (Å²) in [5, 5.41) is 5.71. The van der Waals surface area contributed by atoms with E-state index >= 15 is 0 Å². The summed E-state index contributed by atoms with van der Waals surface area (Å²) in [5.74, 6) is 0.871. The Morgan fingerprint density at radius 2 is 1.64 bits per heavy atom. The van der Waals surface area contributed by atoms with E-state index in [1.54, 1.807) is 6.20 Å². The fraction of sp³-hybridized carbons (Fsp3) is 0.240. The number of hydrogen-bond acceptors (Lipinski definition) is 4. The number of rotatable bonds is 4. The minimum absolute atomic E-state index is 0.0458. The molecule has 0 spiro atoms. The fourth-order valence-corrected chi connectivity index (χ4v) is 3.98. The van der Waals surface area contributed by atoms with Gasteiger partial charge >= 0.3 is 6.03 Å². The molecule has 0 saturated carbocycles. The normalized spacial score (nSPS) is 13.5. The van der Waals surface area contributed by atoms with Crippen LogP contribution in [0.25, 0.3) is 0 Å². The highest BCUT2D eigenvalue weighted by Gasteiger charge is 2.22. The maximum absolute atomic E-state index is 12.7. The Bertz CT molecular complexity index is 1140. The van der Waals surface area contributed by atoms with E-state index in [1.165, 1.54) is 0 Å². The quantitative estimate of drug-likeness (QED) is 0.516. The molecule has 2 heterocycles. The molecule has 0 radical (unpaired) electrons. The van der Waals surface area contributed by atoms with Gasteiger partial charge in [-0.05, 0) is 67.4 Å². The molecule has 0 atom stereocenters. The molecular formula is C25H26BrN5O2. The number of nitrogens with one attached hydrogen (secondary N) is 2. The first-order valence-electron chi connectivity index (χ1n) is 10.8. The first kappa shape index (κ1) is 22.8. The lowest BCUT2D eigenvalue weighted by Crippen LogP contribution is -2.49. The number of benzene rings is 2. The third kappa shape index (κ3) is 5.70. The van der Waals surface area contributed by atoms with Gasteiger partial charge in [0.1, 0.15) is 5.82 Å². The standard InChI is InChI=1S/C25H26BrN5O2/c1-17-3-4-18(2)22(15-17)29-25(33)28-21-9-10-23(27-16-21)30-11-13-31(14-12-30)24(32)19-5-7-20(26)8-6-19/h3-10,15-16H,11-14H2,1-2H3,(H2,28,29,33). The number of urea groups is 1. The third-order valence-corrected chi connectivity index (χ3v) is 6.16. The summed E-state index contributed by atoms with van der Waals surface area (Å²) in [5.41, 5.74) is 4.18. The molecule has 170 valence electrons. The molecule has 2 N–H and O–H groups in total. The predicted molar refractivity (Wildman–Crippen MR) is 135 cm³/mol. The summed E-state index contributed by atoms with van der Waals surface area (Å²) >= 11 is 3.40. The van der Waals surface area contributed by atoms with Crippen molar-refractivity contribution in [3.05, 3.63) is 82.0 Å². The molecule has 1 aliphatic heterocycles. The Morgan fingerprint density at radius 3 is 2.30 bits per heavy atom. The van der Waals surface area contributed by atoms with Crippen molar-refractivity contribution in [1.82, 2.24) is 9.88 Å². The van der Waals surface area contributed by atoms with Crippen LogP contribution in [0.15, 0.2) is 65.3 Å². The molecule has 1 aromatic heterocycles. The number of nitrogens with zero attached hydrogens (tertiary/aromatic N) is 3. The Labute approximate surface area is 201 Å². The molecule has 1 aliphatic rings. The summed E-state index contributed by atoms with van der Waals surface area (Å²) in [6.07, 6.45) is 1.65. The van der Waals surface area contributed by atoms with Crippen LogP contribution in [0.4, 0.5) is 22.0 Å². The van der Waals surface area contributed by atoms with E-state index in [2.05, 4.69) is 36.4 Å². The van der Waals surface area contributed by atoms with Gasteiger partial charge in [-0.25, -0.2) is 9.78 Å². The molecule has 4 rings (SSSR count). The maximum atomic E-state index is 12.7. The second kappa shape index (κ2) is 10.0. The molecule has 3 aromatic rings. The van der Waals surface area contributed by atoms with Crippen molar-refractivity contribution in [1.29, 1.82) is 0 Å². The van der Waals surface area contributed by atoms with Crippen LogP contribution in [0, 0.1) is 13.8 Å². The Kier molecular flexibility index (Phi) is 6.93. The van der Waals surface area contributed by atoms with Crippen LogP contribution in [0.5, 0.6) is 0 Å². The van der Waals surface area contributed by atoms with Gasteiger partial charge in [-0.1, -0.05) is 28.1 Å². The lowest BCUT2D eigenvalue weighted by atomic mass is 10.1. The van der Waals surface area contributed by atoms with Crippen molar-refractivity contribution >= 4 is 45.1 Å².